The minimum Gasteiger partial charge on any atom is -0.497 e. The lowest BCUT2D eigenvalue weighted by molar-refractivity contribution is -0.123. The fourth-order valence-electron chi connectivity index (χ4n) is 2.56. The van der Waals surface area contributed by atoms with Crippen LogP contribution < -0.4 is 14.8 Å². The number of halogens is 1. The lowest BCUT2D eigenvalue weighted by Gasteiger charge is -2.16. The van der Waals surface area contributed by atoms with Gasteiger partial charge in [0, 0.05) is 17.5 Å². The number of ether oxygens (including phenoxy) is 2. The van der Waals surface area contributed by atoms with E-state index in [2.05, 4.69) is 10.3 Å². The molecule has 0 radical (unpaired) electrons. The molecular weight excluding hydrogens is 287 g/mol. The van der Waals surface area contributed by atoms with E-state index in [0.29, 0.717) is 11.6 Å². The van der Waals surface area contributed by atoms with Gasteiger partial charge in [-0.1, -0.05) is 13.0 Å². The number of benzene rings is 1. The average Bonchev–Trinajstić information content (AvgIpc) is 2.79. The summed E-state index contributed by atoms with van der Waals surface area (Å²) in [4.78, 5) is 15.6. The number of rotatable bonds is 4. The summed E-state index contributed by atoms with van der Waals surface area (Å²) in [6, 6.07) is 7.13. The molecule has 2 heterocycles. The highest BCUT2D eigenvalue weighted by Crippen LogP contribution is 2.28. The summed E-state index contributed by atoms with van der Waals surface area (Å²) in [7, 11) is 1.59. The van der Waals surface area contributed by atoms with Crippen molar-refractivity contribution in [1.29, 1.82) is 0 Å². The Hall–Kier alpha value is -2.37. The van der Waals surface area contributed by atoms with E-state index in [4.69, 9.17) is 9.47 Å². The zero-order valence-electron chi connectivity index (χ0n) is 12.4. The van der Waals surface area contributed by atoms with Crippen molar-refractivity contribution in [3.05, 3.63) is 30.5 Å². The van der Waals surface area contributed by atoms with Crippen LogP contribution in [-0.2, 0) is 4.79 Å². The molecule has 3 rings (SSSR count). The monoisotopic (exact) mass is 304 g/mol. The standard InChI is InChI=1S/C16H17FN2O3/c1-9-13(19-15(20)14(9)17)8-22-16-12-7-11(21-2)4-3-10(12)5-6-18-16/h3-7,9,13-14H,8H2,1-2H3,(H,19,20)/t9-,13+,14-/m1/s1. The van der Waals surface area contributed by atoms with Crippen molar-refractivity contribution >= 4 is 16.7 Å². The number of hydrogen-bond donors (Lipinski definition) is 1. The second kappa shape index (κ2) is 5.79. The second-order valence-electron chi connectivity index (χ2n) is 5.39. The second-order valence-corrected chi connectivity index (χ2v) is 5.39. The predicted molar refractivity (Wildman–Crippen MR) is 79.8 cm³/mol. The zero-order chi connectivity index (χ0) is 15.7. The highest BCUT2D eigenvalue weighted by molar-refractivity contribution is 5.88. The smallest absolute Gasteiger partial charge is 0.255 e. The van der Waals surface area contributed by atoms with Gasteiger partial charge in [-0.2, -0.15) is 0 Å². The number of carbonyl (C=O) groups excluding carboxylic acids is 1. The van der Waals surface area contributed by atoms with Crippen LogP contribution in [0, 0.1) is 5.92 Å². The number of nitrogens with one attached hydrogen (secondary N) is 1. The van der Waals surface area contributed by atoms with E-state index < -0.39 is 18.0 Å². The molecule has 116 valence electrons. The molecule has 5 nitrogen and oxygen atoms in total. The number of methoxy groups -OCH3 is 1. The molecule has 22 heavy (non-hydrogen) atoms. The average molecular weight is 304 g/mol. The topological polar surface area (TPSA) is 60.5 Å². The molecule has 0 aliphatic carbocycles. The van der Waals surface area contributed by atoms with Crippen LogP contribution in [0.5, 0.6) is 11.6 Å². The van der Waals surface area contributed by atoms with Crippen LogP contribution in [0.3, 0.4) is 0 Å². The van der Waals surface area contributed by atoms with Crippen LogP contribution in [0.1, 0.15) is 6.92 Å². The van der Waals surface area contributed by atoms with Crippen LogP contribution in [0.4, 0.5) is 4.39 Å². The zero-order valence-corrected chi connectivity index (χ0v) is 12.4. The SMILES string of the molecule is COc1ccc2ccnc(OC[C@@H]3NC(=O)[C@H](F)[C@@H]3C)c2c1. The Kier molecular flexibility index (Phi) is 3.83. The van der Waals surface area contributed by atoms with Crippen LogP contribution in [0.25, 0.3) is 10.8 Å². The third-order valence-electron chi connectivity index (χ3n) is 4.01. The van der Waals surface area contributed by atoms with E-state index in [0.717, 1.165) is 10.8 Å². The lowest BCUT2D eigenvalue weighted by Crippen LogP contribution is -2.34. The fraction of sp³-hybridized carbons (Fsp3) is 0.375. The van der Waals surface area contributed by atoms with Gasteiger partial charge in [0.2, 0.25) is 5.88 Å². The maximum atomic E-state index is 13.5. The minimum absolute atomic E-state index is 0.177. The van der Waals surface area contributed by atoms with Gasteiger partial charge in [-0.05, 0) is 23.6 Å². The fourth-order valence-corrected chi connectivity index (χ4v) is 2.56. The molecule has 0 bridgehead atoms. The summed E-state index contributed by atoms with van der Waals surface area (Å²) in [5.41, 5.74) is 0. The Morgan fingerprint density at radius 1 is 1.36 bits per heavy atom. The van der Waals surface area contributed by atoms with Gasteiger partial charge in [-0.25, -0.2) is 9.37 Å². The Bertz CT molecular complexity index is 707. The van der Waals surface area contributed by atoms with Crippen LogP contribution >= 0.6 is 0 Å². The first-order chi connectivity index (χ1) is 10.6. The van der Waals surface area contributed by atoms with Gasteiger partial charge in [0.05, 0.1) is 13.2 Å². The van der Waals surface area contributed by atoms with Gasteiger partial charge in [0.1, 0.15) is 12.4 Å². The summed E-state index contributed by atoms with van der Waals surface area (Å²) < 4.78 is 24.5. The first-order valence-corrected chi connectivity index (χ1v) is 7.10. The predicted octanol–water partition coefficient (Wildman–Crippen LogP) is 2.09. The van der Waals surface area contributed by atoms with Crippen LogP contribution in [0.15, 0.2) is 30.5 Å². The Balaban J connectivity index is 1.81. The molecule has 1 amide bonds. The first kappa shape index (κ1) is 14.6. The van der Waals surface area contributed by atoms with Crippen molar-refractivity contribution in [2.45, 2.75) is 19.1 Å². The molecule has 6 heteroatoms. The summed E-state index contributed by atoms with van der Waals surface area (Å²) in [5.74, 6) is 0.155. The van der Waals surface area contributed by atoms with Gasteiger partial charge in [-0.15, -0.1) is 0 Å². The third-order valence-corrected chi connectivity index (χ3v) is 4.01. The highest BCUT2D eigenvalue weighted by Gasteiger charge is 2.39. The van der Waals surface area contributed by atoms with E-state index in [9.17, 15) is 9.18 Å². The summed E-state index contributed by atoms with van der Waals surface area (Å²) in [5, 5.41) is 4.39. The number of carbonyl (C=O) groups is 1. The normalized spacial score (nSPS) is 24.3. The lowest BCUT2D eigenvalue weighted by atomic mass is 10.0. The Morgan fingerprint density at radius 3 is 2.86 bits per heavy atom. The molecule has 1 N–H and O–H groups in total. The number of alkyl halides is 1. The van der Waals surface area contributed by atoms with Crippen molar-refractivity contribution in [3.8, 4) is 11.6 Å². The van der Waals surface area contributed by atoms with Gasteiger partial charge in [-0.3, -0.25) is 4.79 Å². The van der Waals surface area contributed by atoms with E-state index in [1.165, 1.54) is 0 Å². The number of nitrogens with zero attached hydrogens (tertiary/aromatic N) is 1. The maximum absolute atomic E-state index is 13.5. The van der Waals surface area contributed by atoms with E-state index in [1.807, 2.05) is 24.3 Å². The molecule has 1 fully saturated rings. The molecule has 1 aromatic carbocycles. The molecule has 0 unspecified atom stereocenters. The molecule has 1 aromatic heterocycles. The minimum atomic E-state index is -1.48. The molecule has 1 saturated heterocycles. The largest absolute Gasteiger partial charge is 0.497 e. The summed E-state index contributed by atoms with van der Waals surface area (Å²) in [6.45, 7) is 1.87. The quantitative estimate of drug-likeness (QED) is 0.939. The molecule has 0 saturated carbocycles. The molecule has 1 aliphatic heterocycles. The Morgan fingerprint density at radius 2 is 2.18 bits per heavy atom. The Labute approximate surface area is 127 Å². The maximum Gasteiger partial charge on any atom is 0.255 e. The summed E-state index contributed by atoms with van der Waals surface area (Å²) in [6.07, 6.45) is 0.174. The number of pyridine rings is 1. The third kappa shape index (κ3) is 2.56. The number of fused-ring (bicyclic) bond motifs is 1. The number of amides is 1. The molecule has 2 aromatic rings. The molecule has 1 aliphatic rings. The molecule has 0 spiro atoms. The van der Waals surface area contributed by atoms with Crippen LogP contribution in [-0.4, -0.2) is 36.8 Å². The van der Waals surface area contributed by atoms with Crippen molar-refractivity contribution < 1.29 is 18.7 Å². The van der Waals surface area contributed by atoms with Crippen LogP contribution in [0.2, 0.25) is 0 Å². The van der Waals surface area contributed by atoms with E-state index in [-0.39, 0.29) is 12.6 Å². The highest BCUT2D eigenvalue weighted by atomic mass is 19.1. The number of hydrogen-bond acceptors (Lipinski definition) is 4. The number of aromatic nitrogens is 1. The summed E-state index contributed by atoms with van der Waals surface area (Å²) >= 11 is 0. The van der Waals surface area contributed by atoms with Gasteiger partial charge < -0.3 is 14.8 Å². The van der Waals surface area contributed by atoms with Crippen molar-refractivity contribution in [1.82, 2.24) is 10.3 Å². The van der Waals surface area contributed by atoms with Gasteiger partial charge in [0.25, 0.3) is 5.91 Å². The molecular formula is C16H17FN2O3. The van der Waals surface area contributed by atoms with Gasteiger partial charge in [0.15, 0.2) is 6.17 Å². The van der Waals surface area contributed by atoms with E-state index >= 15 is 0 Å². The van der Waals surface area contributed by atoms with Crippen molar-refractivity contribution in [3.63, 3.8) is 0 Å². The van der Waals surface area contributed by atoms with Crippen molar-refractivity contribution in [2.75, 3.05) is 13.7 Å². The molecule has 3 atom stereocenters. The van der Waals surface area contributed by atoms with Gasteiger partial charge >= 0.3 is 0 Å². The van der Waals surface area contributed by atoms with E-state index in [1.54, 1.807) is 20.2 Å². The van der Waals surface area contributed by atoms with Crippen molar-refractivity contribution in [2.24, 2.45) is 5.92 Å². The first-order valence-electron chi connectivity index (χ1n) is 7.10.